The Morgan fingerprint density at radius 3 is 2.75 bits per heavy atom. The van der Waals surface area contributed by atoms with E-state index in [2.05, 4.69) is 43.8 Å². The van der Waals surface area contributed by atoms with Crippen molar-refractivity contribution in [2.24, 2.45) is 0 Å². The molecule has 8 heteroatoms. The molecule has 28 heavy (non-hydrogen) atoms. The Balaban J connectivity index is 1.62. The van der Waals surface area contributed by atoms with Crippen molar-refractivity contribution < 1.29 is 4.84 Å². The minimum atomic E-state index is -0.205. The van der Waals surface area contributed by atoms with E-state index in [9.17, 15) is 0 Å². The van der Waals surface area contributed by atoms with E-state index in [1.54, 1.807) is 12.4 Å². The molecule has 1 fully saturated rings. The van der Waals surface area contributed by atoms with Gasteiger partial charge in [-0.25, -0.2) is 19.6 Å². The van der Waals surface area contributed by atoms with Gasteiger partial charge in [-0.15, -0.1) is 0 Å². The number of hydrogen-bond acceptors (Lipinski definition) is 7. The largest absolute Gasteiger partial charge is 0.352 e. The van der Waals surface area contributed by atoms with Gasteiger partial charge in [0.25, 0.3) is 0 Å². The first-order chi connectivity index (χ1) is 13.8. The first kappa shape index (κ1) is 17.1. The van der Waals surface area contributed by atoms with Crippen LogP contribution in [0.3, 0.4) is 0 Å². The molecule has 2 aliphatic rings. The van der Waals surface area contributed by atoms with Gasteiger partial charge in [0, 0.05) is 18.3 Å². The lowest BCUT2D eigenvalue weighted by molar-refractivity contribution is -0.0557. The van der Waals surface area contributed by atoms with Crippen LogP contribution < -0.4 is 10.8 Å². The summed E-state index contributed by atoms with van der Waals surface area (Å²) in [5, 5.41) is 8.90. The van der Waals surface area contributed by atoms with E-state index in [1.165, 1.54) is 25.6 Å². The number of nitrogens with one attached hydrogen (secondary N) is 2. The molecule has 1 aliphatic heterocycles. The molecule has 4 heterocycles. The molecule has 0 atom stereocenters. The molecule has 3 aromatic heterocycles. The molecule has 3 aromatic rings. The highest BCUT2D eigenvalue weighted by Crippen LogP contribution is 2.40. The van der Waals surface area contributed by atoms with Crippen LogP contribution in [0.1, 0.15) is 44.6 Å². The maximum atomic E-state index is 6.05. The van der Waals surface area contributed by atoms with Crippen LogP contribution in [0, 0.1) is 0 Å². The van der Waals surface area contributed by atoms with Crippen molar-refractivity contribution in [3.63, 3.8) is 0 Å². The number of anilines is 2. The Labute approximate surface area is 163 Å². The van der Waals surface area contributed by atoms with E-state index in [1.807, 2.05) is 17.1 Å². The Kier molecular flexibility index (Phi) is 4.20. The average Bonchev–Trinajstić information content (AvgIpc) is 3.34. The van der Waals surface area contributed by atoms with Gasteiger partial charge in [0.05, 0.1) is 41.0 Å². The number of aryl methyl sites for hydroxylation is 1. The Morgan fingerprint density at radius 2 is 1.96 bits per heavy atom. The molecule has 0 amide bonds. The van der Waals surface area contributed by atoms with E-state index >= 15 is 0 Å². The van der Waals surface area contributed by atoms with Crippen LogP contribution in [-0.4, -0.2) is 30.3 Å². The van der Waals surface area contributed by atoms with Crippen LogP contribution in [0.4, 0.5) is 11.4 Å². The molecule has 0 unspecified atom stereocenters. The fourth-order valence-corrected chi connectivity index (χ4v) is 4.11. The first-order valence-electron chi connectivity index (χ1n) is 9.82. The van der Waals surface area contributed by atoms with E-state index in [0.717, 1.165) is 53.1 Å². The van der Waals surface area contributed by atoms with Gasteiger partial charge in [-0.1, -0.05) is 19.3 Å². The molecule has 1 spiro atoms. The zero-order valence-corrected chi connectivity index (χ0v) is 15.9. The predicted octanol–water partition coefficient (Wildman–Crippen LogP) is 3.56. The third kappa shape index (κ3) is 2.90. The van der Waals surface area contributed by atoms with Gasteiger partial charge < -0.3 is 5.32 Å². The van der Waals surface area contributed by atoms with Gasteiger partial charge in [-0.05, 0) is 25.8 Å². The van der Waals surface area contributed by atoms with Crippen LogP contribution in [0.15, 0.2) is 37.2 Å². The normalized spacial score (nSPS) is 18.2. The van der Waals surface area contributed by atoms with Crippen LogP contribution in [0.25, 0.3) is 16.7 Å². The van der Waals surface area contributed by atoms with Crippen molar-refractivity contribution in [1.29, 1.82) is 0 Å². The fourth-order valence-electron chi connectivity index (χ4n) is 4.11. The number of hydrogen-bond donors (Lipinski definition) is 2. The molecule has 5 rings (SSSR count). The van der Waals surface area contributed by atoms with Crippen LogP contribution >= 0.6 is 0 Å². The molecule has 2 N–H and O–H groups in total. The molecule has 144 valence electrons. The van der Waals surface area contributed by atoms with E-state index < -0.39 is 0 Å². The molecule has 0 aromatic carbocycles. The quantitative estimate of drug-likeness (QED) is 0.718. The molecule has 0 saturated heterocycles. The van der Waals surface area contributed by atoms with Crippen molar-refractivity contribution in [1.82, 2.24) is 30.2 Å². The summed E-state index contributed by atoms with van der Waals surface area (Å²) in [6.45, 7) is 2.82. The summed E-state index contributed by atoms with van der Waals surface area (Å²) >= 11 is 0. The van der Waals surface area contributed by atoms with Gasteiger partial charge in [0.2, 0.25) is 0 Å². The second-order valence-corrected chi connectivity index (χ2v) is 7.38. The number of pyridine rings is 1. The number of hydroxylamine groups is 1. The van der Waals surface area contributed by atoms with Gasteiger partial charge in [-0.2, -0.15) is 5.10 Å². The van der Waals surface area contributed by atoms with Crippen molar-refractivity contribution in [3.05, 3.63) is 42.8 Å². The lowest BCUT2D eigenvalue weighted by Gasteiger charge is -2.29. The van der Waals surface area contributed by atoms with Gasteiger partial charge >= 0.3 is 0 Å². The number of nitrogens with zero attached hydrogens (tertiary/aromatic N) is 5. The van der Waals surface area contributed by atoms with Crippen LogP contribution in [0.2, 0.25) is 0 Å². The summed E-state index contributed by atoms with van der Waals surface area (Å²) in [6, 6.07) is 0. The lowest BCUT2D eigenvalue weighted by Crippen LogP contribution is -2.31. The summed E-state index contributed by atoms with van der Waals surface area (Å²) in [7, 11) is 0. The van der Waals surface area contributed by atoms with E-state index in [-0.39, 0.29) is 5.60 Å². The van der Waals surface area contributed by atoms with Crippen LogP contribution in [-0.2, 0) is 11.4 Å². The maximum absolute atomic E-state index is 6.05. The summed E-state index contributed by atoms with van der Waals surface area (Å²) in [5.74, 6) is 0. The van der Waals surface area contributed by atoms with Crippen molar-refractivity contribution in [2.45, 2.75) is 51.2 Å². The molecule has 1 aliphatic carbocycles. The molecular formula is C20H23N7O. The predicted molar refractivity (Wildman–Crippen MR) is 107 cm³/mol. The summed E-state index contributed by atoms with van der Waals surface area (Å²) in [5.41, 5.74) is 7.44. The fraction of sp³-hybridized carbons (Fsp3) is 0.400. The van der Waals surface area contributed by atoms with Crippen molar-refractivity contribution in [3.8, 4) is 0 Å². The minimum Gasteiger partial charge on any atom is -0.352 e. The third-order valence-electron chi connectivity index (χ3n) is 5.56. The first-order valence-corrected chi connectivity index (χ1v) is 9.82. The zero-order chi connectivity index (χ0) is 19.0. The standard InChI is InChI=1S/C20H23N7O/c1-2-27-19-16(12-24-27)18(25-14-9-21-13-22-10-14)15(11-23-19)17-8-20(28-26-17)6-4-3-5-7-20/h8-13,26H,2-7H2,1H3,(H,23,25). The lowest BCUT2D eigenvalue weighted by atomic mass is 9.84. The second kappa shape index (κ2) is 6.87. The van der Waals surface area contributed by atoms with Crippen LogP contribution in [0.5, 0.6) is 0 Å². The van der Waals surface area contributed by atoms with E-state index in [0.29, 0.717) is 0 Å². The highest BCUT2D eigenvalue weighted by molar-refractivity contribution is 5.97. The Hall–Kier alpha value is -3.00. The molecular weight excluding hydrogens is 354 g/mol. The maximum Gasteiger partial charge on any atom is 0.159 e. The second-order valence-electron chi connectivity index (χ2n) is 7.38. The third-order valence-corrected chi connectivity index (χ3v) is 5.56. The van der Waals surface area contributed by atoms with Gasteiger partial charge in [0.1, 0.15) is 11.9 Å². The molecule has 8 nitrogen and oxygen atoms in total. The van der Waals surface area contributed by atoms with Crippen molar-refractivity contribution >= 4 is 28.1 Å². The number of aromatic nitrogens is 5. The molecule has 0 bridgehead atoms. The smallest absolute Gasteiger partial charge is 0.159 e. The molecule has 0 radical (unpaired) electrons. The monoisotopic (exact) mass is 377 g/mol. The topological polar surface area (TPSA) is 89.8 Å². The zero-order valence-electron chi connectivity index (χ0n) is 15.9. The average molecular weight is 377 g/mol. The summed E-state index contributed by atoms with van der Waals surface area (Å²) in [4.78, 5) is 19.0. The highest BCUT2D eigenvalue weighted by atomic mass is 16.7. The Morgan fingerprint density at radius 1 is 1.14 bits per heavy atom. The summed E-state index contributed by atoms with van der Waals surface area (Å²) < 4.78 is 1.89. The highest BCUT2D eigenvalue weighted by Gasteiger charge is 2.37. The van der Waals surface area contributed by atoms with Gasteiger partial charge in [0.15, 0.2) is 5.65 Å². The summed E-state index contributed by atoms with van der Waals surface area (Å²) in [6.07, 6.45) is 16.7. The number of fused-ring (bicyclic) bond motifs is 1. The Bertz CT molecular complexity index is 1020. The van der Waals surface area contributed by atoms with Crippen molar-refractivity contribution in [2.75, 3.05) is 5.32 Å². The SMILES string of the molecule is CCn1ncc2c(Nc3cncnc3)c(C3=CC4(CCCCC4)ON3)cnc21. The molecule has 1 saturated carbocycles. The van der Waals surface area contributed by atoms with E-state index in [4.69, 9.17) is 4.84 Å². The van der Waals surface area contributed by atoms with Gasteiger partial charge in [-0.3, -0.25) is 10.3 Å². The number of rotatable bonds is 4. The minimum absolute atomic E-state index is 0.205.